The zero-order valence-corrected chi connectivity index (χ0v) is 16.2. The Kier molecular flexibility index (Phi) is 4.35. The molecule has 0 unspecified atom stereocenters. The summed E-state index contributed by atoms with van der Waals surface area (Å²) in [5.74, 6) is -1.06. The third kappa shape index (κ3) is 3.57. The number of aromatic amines is 1. The van der Waals surface area contributed by atoms with E-state index in [0.717, 1.165) is 22.8 Å². The minimum absolute atomic E-state index is 0.0966. The van der Waals surface area contributed by atoms with Gasteiger partial charge in [-0.2, -0.15) is 0 Å². The van der Waals surface area contributed by atoms with Gasteiger partial charge in [-0.1, -0.05) is 12.1 Å². The molecule has 0 radical (unpaired) electrons. The van der Waals surface area contributed by atoms with Gasteiger partial charge in [0.2, 0.25) is 0 Å². The molecule has 0 aliphatic rings. The summed E-state index contributed by atoms with van der Waals surface area (Å²) in [6, 6.07) is 13.2. The number of sulfone groups is 1. The number of anilines is 1. The SMILES string of the molecule is CS(=O)(=O)c1cccc(-c2cnc3[nH]cc(-c4cc(N)cc(C(=O)O)c4)c3c2)c1. The van der Waals surface area contributed by atoms with Crippen LogP contribution in [-0.2, 0) is 9.84 Å². The molecule has 0 aliphatic heterocycles. The van der Waals surface area contributed by atoms with Crippen LogP contribution in [0.1, 0.15) is 10.4 Å². The highest BCUT2D eigenvalue weighted by Gasteiger charge is 2.14. The number of rotatable bonds is 4. The topological polar surface area (TPSA) is 126 Å². The lowest BCUT2D eigenvalue weighted by molar-refractivity contribution is 0.0697. The van der Waals surface area contributed by atoms with Crippen molar-refractivity contribution in [2.45, 2.75) is 4.90 Å². The summed E-state index contributed by atoms with van der Waals surface area (Å²) in [6.07, 6.45) is 4.57. The molecule has 0 bridgehead atoms. The summed E-state index contributed by atoms with van der Waals surface area (Å²) < 4.78 is 23.7. The van der Waals surface area contributed by atoms with E-state index in [1.165, 1.54) is 6.07 Å². The van der Waals surface area contributed by atoms with Gasteiger partial charge in [-0.15, -0.1) is 0 Å². The monoisotopic (exact) mass is 407 g/mol. The zero-order chi connectivity index (χ0) is 20.8. The Balaban J connectivity index is 1.88. The summed E-state index contributed by atoms with van der Waals surface area (Å²) in [5.41, 5.74) is 9.81. The standard InChI is InChI=1S/C21H17N3O4S/c1-29(27,28)17-4-2-3-12(8-17)15-9-18-19(11-24-20(18)23-10-15)13-5-14(21(25)26)7-16(22)6-13/h2-11H,22H2,1H3,(H,23,24)(H,25,26). The maximum atomic E-state index is 11.9. The summed E-state index contributed by atoms with van der Waals surface area (Å²) in [6.45, 7) is 0. The first-order chi connectivity index (χ1) is 13.7. The average molecular weight is 407 g/mol. The van der Waals surface area contributed by atoms with Gasteiger partial charge in [-0.3, -0.25) is 0 Å². The van der Waals surface area contributed by atoms with Gasteiger partial charge in [-0.25, -0.2) is 18.2 Å². The highest BCUT2D eigenvalue weighted by atomic mass is 32.2. The molecule has 29 heavy (non-hydrogen) atoms. The largest absolute Gasteiger partial charge is 0.478 e. The number of nitrogens with one attached hydrogen (secondary N) is 1. The predicted octanol–water partition coefficient (Wildman–Crippen LogP) is 3.58. The summed E-state index contributed by atoms with van der Waals surface area (Å²) in [5, 5.41) is 10.1. The van der Waals surface area contributed by atoms with Crippen LogP contribution >= 0.6 is 0 Å². The van der Waals surface area contributed by atoms with Crippen LogP contribution in [0.4, 0.5) is 5.69 Å². The quantitative estimate of drug-likeness (QED) is 0.444. The van der Waals surface area contributed by atoms with Gasteiger partial charge in [0.15, 0.2) is 9.84 Å². The molecule has 4 aromatic rings. The third-order valence-corrected chi connectivity index (χ3v) is 5.75. The summed E-state index contributed by atoms with van der Waals surface area (Å²) in [4.78, 5) is 19.1. The number of nitrogens with two attached hydrogens (primary N) is 1. The summed E-state index contributed by atoms with van der Waals surface area (Å²) >= 11 is 0. The van der Waals surface area contributed by atoms with E-state index in [1.807, 2.05) is 12.1 Å². The Bertz CT molecular complexity index is 1370. The molecule has 146 valence electrons. The Morgan fingerprint density at radius 1 is 1.07 bits per heavy atom. The van der Waals surface area contributed by atoms with Crippen LogP contribution in [0.15, 0.2) is 65.8 Å². The lowest BCUT2D eigenvalue weighted by atomic mass is 10.00. The fourth-order valence-electron chi connectivity index (χ4n) is 3.24. The van der Waals surface area contributed by atoms with Crippen LogP contribution in [0.3, 0.4) is 0 Å². The van der Waals surface area contributed by atoms with Gasteiger partial charge in [0, 0.05) is 40.8 Å². The molecule has 2 heterocycles. The highest BCUT2D eigenvalue weighted by Crippen LogP contribution is 2.33. The number of aromatic nitrogens is 2. The first kappa shape index (κ1) is 18.7. The molecule has 0 fully saturated rings. The number of aromatic carboxylic acids is 1. The minimum Gasteiger partial charge on any atom is -0.478 e. The molecule has 2 aromatic carbocycles. The van der Waals surface area contributed by atoms with Gasteiger partial charge >= 0.3 is 5.97 Å². The van der Waals surface area contributed by atoms with Crippen molar-refractivity contribution in [2.24, 2.45) is 0 Å². The van der Waals surface area contributed by atoms with E-state index in [2.05, 4.69) is 9.97 Å². The first-order valence-electron chi connectivity index (χ1n) is 8.64. The molecular formula is C21H17N3O4S. The van der Waals surface area contributed by atoms with E-state index < -0.39 is 15.8 Å². The highest BCUT2D eigenvalue weighted by molar-refractivity contribution is 7.90. The van der Waals surface area contributed by atoms with Crippen molar-refractivity contribution >= 4 is 32.5 Å². The van der Waals surface area contributed by atoms with Crippen LogP contribution in [0.5, 0.6) is 0 Å². The van der Waals surface area contributed by atoms with Crippen molar-refractivity contribution in [1.29, 1.82) is 0 Å². The van der Waals surface area contributed by atoms with Crippen LogP contribution in [0, 0.1) is 0 Å². The zero-order valence-electron chi connectivity index (χ0n) is 15.4. The summed E-state index contributed by atoms with van der Waals surface area (Å²) in [7, 11) is -3.33. The van der Waals surface area contributed by atoms with E-state index in [4.69, 9.17) is 5.73 Å². The molecule has 4 rings (SSSR count). The molecule has 4 N–H and O–H groups in total. The number of hydrogen-bond donors (Lipinski definition) is 3. The number of pyridine rings is 1. The fraction of sp³-hybridized carbons (Fsp3) is 0.0476. The first-order valence-corrected chi connectivity index (χ1v) is 10.5. The number of hydrogen-bond acceptors (Lipinski definition) is 5. The molecule has 0 saturated heterocycles. The lowest BCUT2D eigenvalue weighted by Crippen LogP contribution is -1.98. The normalized spacial score (nSPS) is 11.6. The van der Waals surface area contributed by atoms with Crippen molar-refractivity contribution in [3.05, 3.63) is 66.5 Å². The Morgan fingerprint density at radius 2 is 1.86 bits per heavy atom. The van der Waals surface area contributed by atoms with Crippen molar-refractivity contribution in [1.82, 2.24) is 9.97 Å². The number of carboxylic acids is 1. The van der Waals surface area contributed by atoms with E-state index in [9.17, 15) is 18.3 Å². The van der Waals surface area contributed by atoms with E-state index in [1.54, 1.807) is 42.7 Å². The molecule has 0 amide bonds. The molecule has 0 aliphatic carbocycles. The molecule has 7 nitrogen and oxygen atoms in total. The molecule has 0 atom stereocenters. The number of benzene rings is 2. The molecule has 2 aromatic heterocycles. The van der Waals surface area contributed by atoms with Crippen molar-refractivity contribution in [3.63, 3.8) is 0 Å². The van der Waals surface area contributed by atoms with Crippen LogP contribution in [0.2, 0.25) is 0 Å². The van der Waals surface area contributed by atoms with Gasteiger partial charge in [0.1, 0.15) is 5.65 Å². The third-order valence-electron chi connectivity index (χ3n) is 4.64. The van der Waals surface area contributed by atoms with E-state index in [0.29, 0.717) is 22.5 Å². The smallest absolute Gasteiger partial charge is 0.335 e. The number of carbonyl (C=O) groups is 1. The second-order valence-corrected chi connectivity index (χ2v) is 8.79. The molecule has 0 spiro atoms. The van der Waals surface area contributed by atoms with Crippen molar-refractivity contribution < 1.29 is 18.3 Å². The van der Waals surface area contributed by atoms with Gasteiger partial charge in [-0.05, 0) is 47.5 Å². The maximum absolute atomic E-state index is 11.9. The lowest BCUT2D eigenvalue weighted by Gasteiger charge is -2.07. The second-order valence-electron chi connectivity index (χ2n) is 6.77. The number of nitrogens with zero attached hydrogens (tertiary/aromatic N) is 1. The Labute approximate surface area is 166 Å². The van der Waals surface area contributed by atoms with E-state index in [-0.39, 0.29) is 10.5 Å². The fourth-order valence-corrected chi connectivity index (χ4v) is 3.90. The number of nitrogen functional groups attached to an aromatic ring is 1. The van der Waals surface area contributed by atoms with Gasteiger partial charge in [0.05, 0.1) is 10.5 Å². The number of carboxylic acid groups (broad SMARTS) is 1. The van der Waals surface area contributed by atoms with Crippen LogP contribution in [-0.4, -0.2) is 35.7 Å². The van der Waals surface area contributed by atoms with Gasteiger partial charge in [0.25, 0.3) is 0 Å². The molecule has 0 saturated carbocycles. The number of fused-ring (bicyclic) bond motifs is 1. The van der Waals surface area contributed by atoms with Crippen LogP contribution in [0.25, 0.3) is 33.3 Å². The van der Waals surface area contributed by atoms with Crippen LogP contribution < -0.4 is 5.73 Å². The average Bonchev–Trinajstić information content (AvgIpc) is 3.10. The Morgan fingerprint density at radius 3 is 2.59 bits per heavy atom. The number of H-pyrrole nitrogens is 1. The van der Waals surface area contributed by atoms with Gasteiger partial charge < -0.3 is 15.8 Å². The Hall–Kier alpha value is -3.65. The maximum Gasteiger partial charge on any atom is 0.335 e. The van der Waals surface area contributed by atoms with E-state index >= 15 is 0 Å². The second kappa shape index (κ2) is 6.75. The van der Waals surface area contributed by atoms with Crippen molar-refractivity contribution in [2.75, 3.05) is 12.0 Å². The molecular weight excluding hydrogens is 390 g/mol. The van der Waals surface area contributed by atoms with Crippen molar-refractivity contribution in [3.8, 4) is 22.3 Å². The minimum atomic E-state index is -3.33. The predicted molar refractivity (Wildman–Crippen MR) is 111 cm³/mol. The molecule has 8 heteroatoms.